The zero-order valence-corrected chi connectivity index (χ0v) is 6.05. The fourth-order valence-corrected chi connectivity index (χ4v) is 1.36. The fraction of sp³-hybridized carbons (Fsp3) is 0.500. The lowest BCUT2D eigenvalue weighted by atomic mass is 11.0. The smallest absolute Gasteiger partial charge is 0.200 e. The van der Waals surface area contributed by atoms with Crippen LogP contribution in [0.5, 0.6) is 0 Å². The summed E-state index contributed by atoms with van der Waals surface area (Å²) >= 11 is 2.91. The van der Waals surface area contributed by atoms with Gasteiger partial charge in [-0.15, -0.1) is 0 Å². The van der Waals surface area contributed by atoms with Gasteiger partial charge in [0.2, 0.25) is 5.16 Å². The maximum atomic E-state index is 3.94. The average molecular weight is 145 g/mol. The molecule has 1 aromatic rings. The minimum Gasteiger partial charge on any atom is -0.206 e. The van der Waals surface area contributed by atoms with Gasteiger partial charge < -0.3 is 0 Å². The Balaban J connectivity index is 2.50. The Morgan fingerprint density at radius 3 is 3.25 bits per heavy atom. The van der Waals surface area contributed by atoms with E-state index in [0.717, 1.165) is 10.9 Å². The van der Waals surface area contributed by atoms with Crippen LogP contribution in [-0.2, 0) is 0 Å². The second-order valence-electron chi connectivity index (χ2n) is 1.10. The first-order valence-electron chi connectivity index (χ1n) is 2.26. The molecule has 0 aromatic carbocycles. The Labute approximate surface area is 56.5 Å². The molecule has 0 unspecified atom stereocenters. The molecule has 0 atom stereocenters. The van der Waals surface area contributed by atoms with Crippen LogP contribution in [-0.4, -0.2) is 15.1 Å². The lowest BCUT2D eigenvalue weighted by Crippen LogP contribution is -1.71. The van der Waals surface area contributed by atoms with Crippen molar-refractivity contribution in [1.29, 1.82) is 0 Å². The third-order valence-corrected chi connectivity index (χ3v) is 1.86. The van der Waals surface area contributed by atoms with Crippen molar-refractivity contribution < 1.29 is 0 Å². The summed E-state index contributed by atoms with van der Waals surface area (Å²) in [7, 11) is 0. The van der Waals surface area contributed by atoms with Crippen molar-refractivity contribution in [3.05, 3.63) is 5.51 Å². The number of hydrogen-bond donors (Lipinski definition) is 0. The fourth-order valence-electron chi connectivity index (χ4n) is 0.327. The Morgan fingerprint density at radius 1 is 1.88 bits per heavy atom. The molecule has 0 aliphatic heterocycles. The standard InChI is InChI=1S/C4H5N2S2/c1-2-7-4-5-3-8-6-4/h2H2,1H3. The maximum absolute atomic E-state index is 3.94. The van der Waals surface area contributed by atoms with Crippen LogP contribution in [0.15, 0.2) is 5.16 Å². The van der Waals surface area contributed by atoms with Gasteiger partial charge in [0.05, 0.1) is 0 Å². The first kappa shape index (κ1) is 6.04. The van der Waals surface area contributed by atoms with Crippen LogP contribution in [0.25, 0.3) is 0 Å². The first-order valence-corrected chi connectivity index (χ1v) is 4.02. The van der Waals surface area contributed by atoms with E-state index in [4.69, 9.17) is 0 Å². The van der Waals surface area contributed by atoms with E-state index in [1.54, 1.807) is 11.8 Å². The van der Waals surface area contributed by atoms with E-state index >= 15 is 0 Å². The predicted octanol–water partition coefficient (Wildman–Crippen LogP) is 1.45. The lowest BCUT2D eigenvalue weighted by Gasteiger charge is -1.82. The molecule has 0 amide bonds. The maximum Gasteiger partial charge on any atom is 0.200 e. The van der Waals surface area contributed by atoms with Crippen LogP contribution in [0.2, 0.25) is 0 Å². The van der Waals surface area contributed by atoms with Crippen LogP contribution < -0.4 is 0 Å². The third-order valence-electron chi connectivity index (χ3n) is 0.579. The van der Waals surface area contributed by atoms with Crippen LogP contribution in [0.3, 0.4) is 0 Å². The van der Waals surface area contributed by atoms with Gasteiger partial charge in [-0.3, -0.25) is 0 Å². The number of nitrogens with zero attached hydrogens (tertiary/aromatic N) is 2. The number of hydrogen-bond acceptors (Lipinski definition) is 4. The molecule has 1 aromatic heterocycles. The van der Waals surface area contributed by atoms with Crippen molar-refractivity contribution in [1.82, 2.24) is 9.36 Å². The van der Waals surface area contributed by atoms with E-state index in [1.165, 1.54) is 11.5 Å². The van der Waals surface area contributed by atoms with Crippen LogP contribution >= 0.6 is 23.3 Å². The molecule has 0 fully saturated rings. The van der Waals surface area contributed by atoms with E-state index < -0.39 is 0 Å². The zero-order chi connectivity index (χ0) is 5.82. The number of aromatic nitrogens is 2. The Morgan fingerprint density at radius 2 is 2.75 bits per heavy atom. The average Bonchev–Trinajstić information content (AvgIpc) is 2.19. The molecule has 0 aliphatic rings. The van der Waals surface area contributed by atoms with Gasteiger partial charge in [-0.05, 0) is 17.3 Å². The largest absolute Gasteiger partial charge is 0.206 e. The van der Waals surface area contributed by atoms with Gasteiger partial charge in [-0.2, -0.15) is 4.37 Å². The summed E-state index contributed by atoms with van der Waals surface area (Å²) in [6.45, 7) is 2.08. The van der Waals surface area contributed by atoms with Gasteiger partial charge >= 0.3 is 0 Å². The van der Waals surface area contributed by atoms with Gasteiger partial charge in [-0.25, -0.2) is 4.98 Å². The van der Waals surface area contributed by atoms with Crippen molar-refractivity contribution in [3.63, 3.8) is 0 Å². The van der Waals surface area contributed by atoms with E-state index in [9.17, 15) is 0 Å². The van der Waals surface area contributed by atoms with Gasteiger partial charge in [0, 0.05) is 0 Å². The molecule has 8 heavy (non-hydrogen) atoms. The van der Waals surface area contributed by atoms with Crippen LogP contribution in [0.1, 0.15) is 6.92 Å². The topological polar surface area (TPSA) is 25.8 Å². The molecule has 0 saturated heterocycles. The Kier molecular flexibility index (Phi) is 2.29. The van der Waals surface area contributed by atoms with E-state index in [0.29, 0.717) is 0 Å². The minimum atomic E-state index is 0.845. The molecular formula is C4H5N2S2. The summed E-state index contributed by atoms with van der Waals surface area (Å²) in [6.07, 6.45) is 0. The Bertz CT molecular complexity index is 138. The SMILES string of the molecule is CCSc1n[c]sn1. The molecule has 0 N–H and O–H groups in total. The Hall–Kier alpha value is -0.0900. The highest BCUT2D eigenvalue weighted by Gasteiger charge is 1.91. The highest BCUT2D eigenvalue weighted by Crippen LogP contribution is 2.10. The highest BCUT2D eigenvalue weighted by molar-refractivity contribution is 7.99. The van der Waals surface area contributed by atoms with E-state index in [2.05, 4.69) is 21.8 Å². The molecule has 43 valence electrons. The summed E-state index contributed by atoms with van der Waals surface area (Å²) < 4.78 is 3.94. The van der Waals surface area contributed by atoms with Gasteiger partial charge in [0.1, 0.15) is 0 Å². The van der Waals surface area contributed by atoms with Gasteiger partial charge in [0.25, 0.3) is 0 Å². The van der Waals surface area contributed by atoms with E-state index in [-0.39, 0.29) is 0 Å². The molecule has 0 saturated carbocycles. The summed E-state index contributed by atoms with van der Waals surface area (Å²) in [5.74, 6) is 1.03. The van der Waals surface area contributed by atoms with Crippen molar-refractivity contribution in [3.8, 4) is 0 Å². The van der Waals surface area contributed by atoms with Crippen molar-refractivity contribution in [2.24, 2.45) is 0 Å². The molecule has 1 heterocycles. The normalized spacial score (nSPS) is 9.62. The first-order chi connectivity index (χ1) is 3.93. The summed E-state index contributed by atoms with van der Waals surface area (Å²) in [6, 6.07) is 0. The minimum absolute atomic E-state index is 0.845. The summed E-state index contributed by atoms with van der Waals surface area (Å²) in [4.78, 5) is 3.85. The number of thioether (sulfide) groups is 1. The molecular weight excluding hydrogens is 140 g/mol. The summed E-state index contributed by atoms with van der Waals surface area (Å²) in [5.41, 5.74) is 2.67. The van der Waals surface area contributed by atoms with Crippen LogP contribution in [0.4, 0.5) is 0 Å². The lowest BCUT2D eigenvalue weighted by molar-refractivity contribution is 1.07. The molecule has 0 bridgehead atoms. The molecule has 1 rings (SSSR count). The monoisotopic (exact) mass is 145 g/mol. The molecule has 0 aliphatic carbocycles. The van der Waals surface area contributed by atoms with Crippen molar-refractivity contribution in [2.75, 3.05) is 5.75 Å². The second kappa shape index (κ2) is 3.04. The molecule has 0 spiro atoms. The van der Waals surface area contributed by atoms with Crippen molar-refractivity contribution in [2.45, 2.75) is 12.1 Å². The molecule has 4 heteroatoms. The number of rotatable bonds is 2. The van der Waals surface area contributed by atoms with Crippen LogP contribution in [0, 0.1) is 5.51 Å². The predicted molar refractivity (Wildman–Crippen MR) is 35.1 cm³/mol. The van der Waals surface area contributed by atoms with Gasteiger partial charge in [0.15, 0.2) is 5.51 Å². The third kappa shape index (κ3) is 1.45. The van der Waals surface area contributed by atoms with E-state index in [1.807, 2.05) is 0 Å². The zero-order valence-electron chi connectivity index (χ0n) is 4.42. The van der Waals surface area contributed by atoms with Gasteiger partial charge in [-0.1, -0.05) is 18.7 Å². The second-order valence-corrected chi connectivity index (χ2v) is 2.88. The molecule has 2 nitrogen and oxygen atoms in total. The highest BCUT2D eigenvalue weighted by atomic mass is 32.2. The quantitative estimate of drug-likeness (QED) is 0.589. The van der Waals surface area contributed by atoms with Crippen molar-refractivity contribution >= 4 is 23.3 Å². The molecule has 1 radical (unpaired) electrons. The summed E-state index contributed by atoms with van der Waals surface area (Å²) in [5, 5.41) is 0.845.